The van der Waals surface area contributed by atoms with Crippen LogP contribution in [0.2, 0.25) is 0 Å². The monoisotopic (exact) mass is 1040 g/mol. The van der Waals surface area contributed by atoms with Crippen LogP contribution in [0.15, 0.2) is 85.1 Å². The van der Waals surface area contributed by atoms with E-state index in [1.54, 1.807) is 0 Å². The lowest BCUT2D eigenvalue weighted by Crippen LogP contribution is -2.30. The van der Waals surface area contributed by atoms with Gasteiger partial charge >= 0.3 is 17.9 Å². The molecule has 75 heavy (non-hydrogen) atoms. The molecule has 0 amide bonds. The lowest BCUT2D eigenvalue weighted by atomic mass is 10.0. The van der Waals surface area contributed by atoms with Crippen LogP contribution in [-0.4, -0.2) is 37.2 Å². The highest BCUT2D eigenvalue weighted by Gasteiger charge is 2.19. The maximum absolute atomic E-state index is 12.8. The largest absolute Gasteiger partial charge is 0.462 e. The molecule has 0 rings (SSSR count). The number of allylic oxidation sites excluding steroid dienone is 14. The van der Waals surface area contributed by atoms with Gasteiger partial charge in [-0.1, -0.05) is 292 Å². The lowest BCUT2D eigenvalue weighted by Gasteiger charge is -2.18. The summed E-state index contributed by atoms with van der Waals surface area (Å²) >= 11 is 0. The average Bonchev–Trinajstić information content (AvgIpc) is 3.41. The van der Waals surface area contributed by atoms with E-state index in [0.717, 1.165) is 109 Å². The fourth-order valence-corrected chi connectivity index (χ4v) is 9.16. The van der Waals surface area contributed by atoms with E-state index in [9.17, 15) is 14.4 Å². The molecule has 6 nitrogen and oxygen atoms in total. The van der Waals surface area contributed by atoms with Gasteiger partial charge in [0.25, 0.3) is 0 Å². The molecule has 0 aliphatic rings. The van der Waals surface area contributed by atoms with E-state index in [2.05, 4.69) is 106 Å². The summed E-state index contributed by atoms with van der Waals surface area (Å²) in [5.74, 6) is -0.900. The van der Waals surface area contributed by atoms with Crippen molar-refractivity contribution in [2.24, 2.45) is 0 Å². The van der Waals surface area contributed by atoms with Crippen LogP contribution in [-0.2, 0) is 28.6 Å². The third-order valence-corrected chi connectivity index (χ3v) is 13.9. The molecule has 0 saturated carbocycles. The van der Waals surface area contributed by atoms with Gasteiger partial charge in [-0.05, 0) is 89.9 Å². The van der Waals surface area contributed by atoms with Crippen LogP contribution in [0.1, 0.15) is 316 Å². The molecule has 0 fully saturated rings. The molecule has 1 atom stereocenters. The van der Waals surface area contributed by atoms with Crippen LogP contribution >= 0.6 is 0 Å². The van der Waals surface area contributed by atoms with E-state index in [4.69, 9.17) is 14.2 Å². The third-order valence-electron chi connectivity index (χ3n) is 13.9. The van der Waals surface area contributed by atoms with E-state index in [1.165, 1.54) is 167 Å². The van der Waals surface area contributed by atoms with Crippen molar-refractivity contribution in [2.75, 3.05) is 13.2 Å². The second-order valence-electron chi connectivity index (χ2n) is 21.3. The number of esters is 3. The van der Waals surface area contributed by atoms with Crippen molar-refractivity contribution in [3.63, 3.8) is 0 Å². The normalized spacial score (nSPS) is 12.6. The molecule has 0 aromatic carbocycles. The smallest absolute Gasteiger partial charge is 0.306 e. The quantitative estimate of drug-likeness (QED) is 0.0261. The molecule has 0 bridgehead atoms. The number of carbonyl (C=O) groups is 3. The fourth-order valence-electron chi connectivity index (χ4n) is 9.16. The lowest BCUT2D eigenvalue weighted by molar-refractivity contribution is -0.167. The topological polar surface area (TPSA) is 78.9 Å². The van der Waals surface area contributed by atoms with Gasteiger partial charge < -0.3 is 14.2 Å². The van der Waals surface area contributed by atoms with E-state index >= 15 is 0 Å². The maximum atomic E-state index is 12.8. The summed E-state index contributed by atoms with van der Waals surface area (Å²) in [5.41, 5.74) is 0. The Hall–Kier alpha value is -3.41. The zero-order valence-corrected chi connectivity index (χ0v) is 49.6. The Balaban J connectivity index is 4.14. The van der Waals surface area contributed by atoms with E-state index in [1.807, 2.05) is 0 Å². The number of rotatable bonds is 58. The van der Waals surface area contributed by atoms with Gasteiger partial charge in [-0.3, -0.25) is 14.4 Å². The van der Waals surface area contributed by atoms with E-state index in [0.29, 0.717) is 19.3 Å². The van der Waals surface area contributed by atoms with Gasteiger partial charge in [0.15, 0.2) is 6.10 Å². The number of hydrogen-bond acceptors (Lipinski definition) is 6. The van der Waals surface area contributed by atoms with Crippen LogP contribution in [0, 0.1) is 0 Å². The first-order valence-corrected chi connectivity index (χ1v) is 32.1. The number of ether oxygens (including phenoxy) is 3. The van der Waals surface area contributed by atoms with Gasteiger partial charge in [0.1, 0.15) is 13.2 Å². The Morgan fingerprint density at radius 2 is 0.520 bits per heavy atom. The van der Waals surface area contributed by atoms with Crippen molar-refractivity contribution in [3.8, 4) is 0 Å². The van der Waals surface area contributed by atoms with Gasteiger partial charge in [-0.25, -0.2) is 0 Å². The molecule has 0 radical (unpaired) electrons. The minimum Gasteiger partial charge on any atom is -0.462 e. The molecule has 0 aliphatic heterocycles. The number of carbonyl (C=O) groups excluding carboxylic acids is 3. The molecule has 6 heteroatoms. The molecule has 0 heterocycles. The predicted octanol–water partition coefficient (Wildman–Crippen LogP) is 21.9. The summed E-state index contributed by atoms with van der Waals surface area (Å²) in [7, 11) is 0. The highest BCUT2D eigenvalue weighted by Crippen LogP contribution is 2.17. The Morgan fingerprint density at radius 3 is 0.827 bits per heavy atom. The molecule has 0 aromatic heterocycles. The summed E-state index contributed by atoms with van der Waals surface area (Å²) in [6.45, 7) is 6.42. The summed E-state index contributed by atoms with van der Waals surface area (Å²) in [6, 6.07) is 0. The zero-order valence-electron chi connectivity index (χ0n) is 49.6. The average molecular weight is 1050 g/mol. The van der Waals surface area contributed by atoms with Gasteiger partial charge in [0.2, 0.25) is 0 Å². The maximum Gasteiger partial charge on any atom is 0.306 e. The number of unbranched alkanes of at least 4 members (excludes halogenated alkanes) is 33. The van der Waals surface area contributed by atoms with Crippen molar-refractivity contribution in [1.82, 2.24) is 0 Å². The van der Waals surface area contributed by atoms with Gasteiger partial charge in [-0.15, -0.1) is 0 Å². The molecule has 0 aromatic rings. The minimum atomic E-state index is -0.788. The van der Waals surface area contributed by atoms with Gasteiger partial charge in [0, 0.05) is 19.3 Å². The second kappa shape index (κ2) is 63.1. The summed E-state index contributed by atoms with van der Waals surface area (Å²) in [4.78, 5) is 38.2. The molecular weight excluding hydrogens is 925 g/mol. The summed E-state index contributed by atoms with van der Waals surface area (Å²) in [6.07, 6.45) is 83.3. The fraction of sp³-hybridized carbons (Fsp3) is 0.754. The first-order chi connectivity index (χ1) is 37.0. The van der Waals surface area contributed by atoms with Crippen molar-refractivity contribution < 1.29 is 28.6 Å². The molecule has 0 aliphatic carbocycles. The summed E-state index contributed by atoms with van der Waals surface area (Å²) in [5, 5.41) is 0. The van der Waals surface area contributed by atoms with Crippen LogP contribution in [0.4, 0.5) is 0 Å². The standard InChI is InChI=1S/C69H120O6/c1-4-7-10-13-16-19-22-25-26-27-28-29-30-31-32-33-34-35-36-37-38-39-40-41-42-45-47-50-53-56-59-62-68(71)74-65-66(75-69(72)63-60-57-54-51-48-44-24-21-18-15-12-9-6-3)64-73-67(70)61-58-55-52-49-46-43-23-20-17-14-11-8-5-2/h7,9-10,12,16,18-19,21,25-26,28-29,44,48,66H,4-6,8,11,13-15,17,20,22-24,27,30-43,45-47,49-65H2,1-3H3/b10-7-,12-9-,19-16-,21-18-,26-25-,29-28-,48-44-. The zero-order chi connectivity index (χ0) is 54.3. The van der Waals surface area contributed by atoms with E-state index in [-0.39, 0.29) is 31.1 Å². The van der Waals surface area contributed by atoms with Crippen LogP contribution < -0.4 is 0 Å². The van der Waals surface area contributed by atoms with Crippen molar-refractivity contribution >= 4 is 17.9 Å². The molecule has 432 valence electrons. The minimum absolute atomic E-state index is 0.0836. The van der Waals surface area contributed by atoms with Crippen molar-refractivity contribution in [1.29, 1.82) is 0 Å². The van der Waals surface area contributed by atoms with Crippen molar-refractivity contribution in [3.05, 3.63) is 85.1 Å². The molecule has 1 unspecified atom stereocenters. The van der Waals surface area contributed by atoms with Crippen LogP contribution in [0.25, 0.3) is 0 Å². The molecule has 0 spiro atoms. The highest BCUT2D eigenvalue weighted by atomic mass is 16.6. The van der Waals surface area contributed by atoms with Gasteiger partial charge in [-0.2, -0.15) is 0 Å². The number of hydrogen-bond donors (Lipinski definition) is 0. The molecule has 0 N–H and O–H groups in total. The highest BCUT2D eigenvalue weighted by molar-refractivity contribution is 5.71. The van der Waals surface area contributed by atoms with Crippen molar-refractivity contribution in [2.45, 2.75) is 322 Å². The molecular formula is C69H120O6. The second-order valence-corrected chi connectivity index (χ2v) is 21.3. The Labute approximate surface area is 465 Å². The predicted molar refractivity (Wildman–Crippen MR) is 325 cm³/mol. The first kappa shape index (κ1) is 71.6. The first-order valence-electron chi connectivity index (χ1n) is 32.1. The Bertz CT molecular complexity index is 1430. The summed E-state index contributed by atoms with van der Waals surface area (Å²) < 4.78 is 16.9. The van der Waals surface area contributed by atoms with E-state index < -0.39 is 6.10 Å². The van der Waals surface area contributed by atoms with Crippen LogP contribution in [0.5, 0.6) is 0 Å². The van der Waals surface area contributed by atoms with Crippen LogP contribution in [0.3, 0.4) is 0 Å². The molecule has 0 saturated heterocycles. The Morgan fingerprint density at radius 1 is 0.280 bits per heavy atom. The SMILES string of the molecule is CC/C=C\C/C=C\C/C=C\C/C=C\CCCCCCCCCCCCCCCCCCCCC(=O)OCC(COC(=O)CCCCCCCCCCCCCCC)OC(=O)CCCCC/C=C\C/C=C\C/C=C\CC. The third kappa shape index (κ3) is 61.3. The Kier molecular flexibility index (Phi) is 60.3. The van der Waals surface area contributed by atoms with Gasteiger partial charge in [0.05, 0.1) is 0 Å².